The van der Waals surface area contributed by atoms with Crippen LogP contribution in [0.4, 0.5) is 0 Å². The van der Waals surface area contributed by atoms with Crippen LogP contribution in [0.1, 0.15) is 63.5 Å². The minimum Gasteiger partial charge on any atom is -0.310 e. The molecule has 18 heavy (non-hydrogen) atoms. The van der Waals surface area contributed by atoms with Gasteiger partial charge in [-0.05, 0) is 40.2 Å². The van der Waals surface area contributed by atoms with Crippen LogP contribution in [0.2, 0.25) is 0 Å². The highest BCUT2D eigenvalue weighted by Crippen LogP contribution is 2.21. The smallest absolute Gasteiger partial charge is 0.0644 e. The normalized spacial score (nSPS) is 13.3. The average molecular weight is 251 g/mol. The molecule has 1 N–H and O–H groups in total. The molecule has 0 radical (unpaired) electrons. The van der Waals surface area contributed by atoms with Crippen LogP contribution in [0.3, 0.4) is 0 Å². The molecule has 104 valence electrons. The van der Waals surface area contributed by atoms with Crippen LogP contribution in [0.15, 0.2) is 0 Å². The zero-order valence-corrected chi connectivity index (χ0v) is 12.9. The summed E-state index contributed by atoms with van der Waals surface area (Å²) in [7, 11) is 0. The lowest BCUT2D eigenvalue weighted by Gasteiger charge is -2.19. The Morgan fingerprint density at radius 2 is 1.78 bits per heavy atom. The molecule has 1 rings (SSSR count). The molecule has 1 aromatic rings. The fourth-order valence-corrected chi connectivity index (χ4v) is 2.67. The summed E-state index contributed by atoms with van der Waals surface area (Å²) in [6, 6.07) is 0.394. The molecular weight excluding hydrogens is 222 g/mol. The van der Waals surface area contributed by atoms with Gasteiger partial charge >= 0.3 is 0 Å². The summed E-state index contributed by atoms with van der Waals surface area (Å²) in [6.45, 7) is 15.3. The fourth-order valence-electron chi connectivity index (χ4n) is 2.67. The summed E-state index contributed by atoms with van der Waals surface area (Å²) in [5.41, 5.74) is 3.85. The van der Waals surface area contributed by atoms with Crippen LogP contribution in [0.25, 0.3) is 0 Å². The molecule has 1 unspecified atom stereocenters. The molecule has 1 aromatic heterocycles. The van der Waals surface area contributed by atoms with E-state index < -0.39 is 0 Å². The SMILES string of the molecule is CCC(CC)CNC(C)c1c(C)nn(CC)c1C. The van der Waals surface area contributed by atoms with E-state index in [4.69, 9.17) is 0 Å². The molecular formula is C15H29N3. The van der Waals surface area contributed by atoms with Crippen molar-refractivity contribution in [1.82, 2.24) is 15.1 Å². The Bertz CT molecular complexity index is 364. The third-order valence-electron chi connectivity index (χ3n) is 4.04. The van der Waals surface area contributed by atoms with Gasteiger partial charge in [-0.2, -0.15) is 5.10 Å². The highest BCUT2D eigenvalue weighted by molar-refractivity contribution is 5.27. The van der Waals surface area contributed by atoms with Crippen LogP contribution in [0.5, 0.6) is 0 Å². The molecule has 0 amide bonds. The average Bonchev–Trinajstić information content (AvgIpc) is 2.65. The van der Waals surface area contributed by atoms with E-state index in [2.05, 4.69) is 56.6 Å². The number of aromatic nitrogens is 2. The van der Waals surface area contributed by atoms with Gasteiger partial charge in [0.05, 0.1) is 5.69 Å². The number of aryl methyl sites for hydroxylation is 2. The van der Waals surface area contributed by atoms with Gasteiger partial charge in [0.15, 0.2) is 0 Å². The topological polar surface area (TPSA) is 29.9 Å². The van der Waals surface area contributed by atoms with Crippen molar-refractivity contribution < 1.29 is 0 Å². The Morgan fingerprint density at radius 3 is 2.22 bits per heavy atom. The number of hydrogen-bond donors (Lipinski definition) is 1. The summed E-state index contributed by atoms with van der Waals surface area (Å²) in [4.78, 5) is 0. The predicted octanol–water partition coefficient (Wildman–Crippen LogP) is 3.61. The second-order valence-corrected chi connectivity index (χ2v) is 5.21. The summed E-state index contributed by atoms with van der Waals surface area (Å²) >= 11 is 0. The van der Waals surface area contributed by atoms with Crippen molar-refractivity contribution in [3.8, 4) is 0 Å². The first-order valence-electron chi connectivity index (χ1n) is 7.32. The van der Waals surface area contributed by atoms with Gasteiger partial charge in [-0.15, -0.1) is 0 Å². The van der Waals surface area contributed by atoms with E-state index >= 15 is 0 Å². The van der Waals surface area contributed by atoms with Crippen molar-refractivity contribution in [2.45, 2.75) is 67.0 Å². The Morgan fingerprint density at radius 1 is 1.17 bits per heavy atom. The third-order valence-corrected chi connectivity index (χ3v) is 4.04. The van der Waals surface area contributed by atoms with Gasteiger partial charge in [-0.1, -0.05) is 26.7 Å². The van der Waals surface area contributed by atoms with Crippen LogP contribution in [0, 0.1) is 19.8 Å². The number of nitrogens with zero attached hydrogens (tertiary/aromatic N) is 2. The standard InChI is InChI=1S/C15H29N3/c1-7-14(8-2)10-16-11(4)15-12(5)17-18(9-3)13(15)6/h11,14,16H,7-10H2,1-6H3. The minimum atomic E-state index is 0.394. The number of hydrogen-bond acceptors (Lipinski definition) is 2. The molecule has 0 saturated heterocycles. The van der Waals surface area contributed by atoms with Crippen molar-refractivity contribution in [3.63, 3.8) is 0 Å². The second kappa shape index (κ2) is 6.93. The van der Waals surface area contributed by atoms with Gasteiger partial charge in [0, 0.05) is 23.8 Å². The highest BCUT2D eigenvalue weighted by Gasteiger charge is 2.17. The van der Waals surface area contributed by atoms with E-state index in [-0.39, 0.29) is 0 Å². The molecule has 1 heterocycles. The number of nitrogens with one attached hydrogen (secondary N) is 1. The summed E-state index contributed by atoms with van der Waals surface area (Å²) in [5.74, 6) is 0.786. The molecule has 3 nitrogen and oxygen atoms in total. The van der Waals surface area contributed by atoms with Crippen molar-refractivity contribution in [3.05, 3.63) is 17.0 Å². The van der Waals surface area contributed by atoms with Crippen LogP contribution < -0.4 is 5.32 Å². The fraction of sp³-hybridized carbons (Fsp3) is 0.800. The lowest BCUT2D eigenvalue weighted by atomic mass is 10.0. The van der Waals surface area contributed by atoms with E-state index in [0.717, 1.165) is 19.0 Å². The van der Waals surface area contributed by atoms with Gasteiger partial charge < -0.3 is 5.32 Å². The Kier molecular flexibility index (Phi) is 5.86. The largest absolute Gasteiger partial charge is 0.310 e. The monoisotopic (exact) mass is 251 g/mol. The van der Waals surface area contributed by atoms with Crippen molar-refractivity contribution in [2.24, 2.45) is 5.92 Å². The van der Waals surface area contributed by atoms with E-state index in [1.54, 1.807) is 0 Å². The first kappa shape index (κ1) is 15.2. The van der Waals surface area contributed by atoms with Crippen LogP contribution in [-0.4, -0.2) is 16.3 Å². The quantitative estimate of drug-likeness (QED) is 0.802. The first-order valence-corrected chi connectivity index (χ1v) is 7.32. The molecule has 0 aliphatic rings. The predicted molar refractivity (Wildman–Crippen MR) is 77.9 cm³/mol. The highest BCUT2D eigenvalue weighted by atomic mass is 15.3. The summed E-state index contributed by atoms with van der Waals surface area (Å²) < 4.78 is 2.10. The third kappa shape index (κ3) is 3.35. The molecule has 0 saturated carbocycles. The first-order chi connectivity index (χ1) is 8.54. The van der Waals surface area contributed by atoms with Crippen molar-refractivity contribution >= 4 is 0 Å². The second-order valence-electron chi connectivity index (χ2n) is 5.21. The molecule has 0 aliphatic carbocycles. The molecule has 1 atom stereocenters. The zero-order chi connectivity index (χ0) is 13.7. The van der Waals surface area contributed by atoms with Crippen LogP contribution >= 0.6 is 0 Å². The minimum absolute atomic E-state index is 0.394. The van der Waals surface area contributed by atoms with Gasteiger partial charge in [0.2, 0.25) is 0 Å². The number of rotatable bonds is 7. The van der Waals surface area contributed by atoms with Crippen molar-refractivity contribution in [2.75, 3.05) is 6.54 Å². The molecule has 0 aliphatic heterocycles. The van der Waals surface area contributed by atoms with E-state index in [1.165, 1.54) is 29.8 Å². The molecule has 3 heteroatoms. The Hall–Kier alpha value is -0.830. The maximum absolute atomic E-state index is 4.59. The Balaban J connectivity index is 2.72. The molecule has 0 fully saturated rings. The summed E-state index contributed by atoms with van der Waals surface area (Å²) in [5, 5.41) is 8.26. The van der Waals surface area contributed by atoms with Gasteiger partial charge in [-0.25, -0.2) is 0 Å². The maximum Gasteiger partial charge on any atom is 0.0644 e. The van der Waals surface area contributed by atoms with E-state index in [9.17, 15) is 0 Å². The molecule has 0 bridgehead atoms. The van der Waals surface area contributed by atoms with Gasteiger partial charge in [-0.3, -0.25) is 4.68 Å². The van der Waals surface area contributed by atoms with E-state index in [0.29, 0.717) is 6.04 Å². The van der Waals surface area contributed by atoms with Crippen molar-refractivity contribution in [1.29, 1.82) is 0 Å². The van der Waals surface area contributed by atoms with Crippen LogP contribution in [-0.2, 0) is 6.54 Å². The Labute approximate surface area is 112 Å². The molecule has 0 aromatic carbocycles. The lowest BCUT2D eigenvalue weighted by Crippen LogP contribution is -2.26. The van der Waals surface area contributed by atoms with Gasteiger partial charge in [0.1, 0.15) is 0 Å². The van der Waals surface area contributed by atoms with Gasteiger partial charge in [0.25, 0.3) is 0 Å². The van der Waals surface area contributed by atoms with E-state index in [1.807, 2.05) is 0 Å². The maximum atomic E-state index is 4.59. The summed E-state index contributed by atoms with van der Waals surface area (Å²) in [6.07, 6.45) is 2.50. The lowest BCUT2D eigenvalue weighted by molar-refractivity contribution is 0.421. The zero-order valence-electron chi connectivity index (χ0n) is 12.9. The molecule has 0 spiro atoms.